The van der Waals surface area contributed by atoms with Gasteiger partial charge >= 0.3 is 0 Å². The van der Waals surface area contributed by atoms with Crippen LogP contribution < -0.4 is 0 Å². The van der Waals surface area contributed by atoms with Crippen molar-refractivity contribution in [3.05, 3.63) is 23.3 Å². The van der Waals surface area contributed by atoms with Crippen LogP contribution in [0.5, 0.6) is 5.75 Å². The fourth-order valence-corrected chi connectivity index (χ4v) is 2.65. The average Bonchev–Trinajstić information content (AvgIpc) is 2.21. The molecule has 17 heavy (non-hydrogen) atoms. The van der Waals surface area contributed by atoms with Crippen LogP contribution in [0.15, 0.2) is 17.0 Å². The molecule has 0 aliphatic heterocycles. The van der Waals surface area contributed by atoms with Crippen LogP contribution in [-0.2, 0) is 21.3 Å². The van der Waals surface area contributed by atoms with E-state index in [0.717, 1.165) is 0 Å². The number of rotatable bonds is 5. The standard InChI is InChI=1S/C11H16O5S/c1-3-16-7-6-9-10(12)5-4-8(2)11(9)17(13,14)15/h4-5,12H,3,6-7H2,1-2H3,(H,13,14,15). The number of aromatic hydroxyl groups is 1. The van der Waals surface area contributed by atoms with E-state index in [1.165, 1.54) is 12.1 Å². The van der Waals surface area contributed by atoms with Crippen LogP contribution in [0.2, 0.25) is 0 Å². The Balaban J connectivity index is 3.21. The Morgan fingerprint density at radius 3 is 2.53 bits per heavy atom. The van der Waals surface area contributed by atoms with Crippen molar-refractivity contribution < 1.29 is 22.8 Å². The van der Waals surface area contributed by atoms with Crippen molar-refractivity contribution in [1.82, 2.24) is 0 Å². The summed E-state index contributed by atoms with van der Waals surface area (Å²) in [5.74, 6) is -0.150. The van der Waals surface area contributed by atoms with E-state index in [-0.39, 0.29) is 29.2 Å². The summed E-state index contributed by atoms with van der Waals surface area (Å²) in [5.41, 5.74) is 0.595. The van der Waals surface area contributed by atoms with Crippen molar-refractivity contribution in [1.29, 1.82) is 0 Å². The van der Waals surface area contributed by atoms with E-state index in [4.69, 9.17) is 9.29 Å². The van der Waals surface area contributed by atoms with Crippen LogP contribution in [-0.4, -0.2) is 31.3 Å². The summed E-state index contributed by atoms with van der Waals surface area (Å²) < 4.78 is 36.8. The van der Waals surface area contributed by atoms with Gasteiger partial charge in [0.15, 0.2) is 0 Å². The normalized spacial score (nSPS) is 11.7. The fourth-order valence-electron chi connectivity index (χ4n) is 1.65. The Bertz CT molecular complexity index is 493. The summed E-state index contributed by atoms with van der Waals surface area (Å²) in [6, 6.07) is 2.86. The molecule has 2 N–H and O–H groups in total. The van der Waals surface area contributed by atoms with Crippen LogP contribution >= 0.6 is 0 Å². The topological polar surface area (TPSA) is 83.8 Å². The zero-order valence-corrected chi connectivity index (χ0v) is 10.6. The van der Waals surface area contributed by atoms with E-state index in [1.807, 2.05) is 6.92 Å². The third kappa shape index (κ3) is 3.42. The molecule has 6 heteroatoms. The van der Waals surface area contributed by atoms with Crippen molar-refractivity contribution in [2.24, 2.45) is 0 Å². The molecule has 0 bridgehead atoms. The highest BCUT2D eigenvalue weighted by molar-refractivity contribution is 7.86. The molecule has 0 atom stereocenters. The smallest absolute Gasteiger partial charge is 0.295 e. The maximum atomic E-state index is 11.3. The maximum Gasteiger partial charge on any atom is 0.295 e. The molecular formula is C11H16O5S. The van der Waals surface area contributed by atoms with Gasteiger partial charge in [-0.25, -0.2) is 0 Å². The third-order valence-corrected chi connectivity index (χ3v) is 3.48. The van der Waals surface area contributed by atoms with Gasteiger partial charge in [0.25, 0.3) is 10.1 Å². The van der Waals surface area contributed by atoms with Crippen LogP contribution in [0.25, 0.3) is 0 Å². The first-order chi connectivity index (χ1) is 7.88. The lowest BCUT2D eigenvalue weighted by molar-refractivity contribution is 0.150. The van der Waals surface area contributed by atoms with Gasteiger partial charge in [0.1, 0.15) is 10.6 Å². The zero-order chi connectivity index (χ0) is 13.1. The Morgan fingerprint density at radius 1 is 1.35 bits per heavy atom. The monoisotopic (exact) mass is 260 g/mol. The number of aryl methyl sites for hydroxylation is 1. The lowest BCUT2D eigenvalue weighted by Crippen LogP contribution is -2.08. The molecule has 0 unspecified atom stereocenters. The number of benzene rings is 1. The summed E-state index contributed by atoms with van der Waals surface area (Å²) in [4.78, 5) is -0.225. The minimum atomic E-state index is -4.34. The molecule has 0 aliphatic carbocycles. The first-order valence-electron chi connectivity index (χ1n) is 5.24. The molecule has 0 spiro atoms. The second-order valence-corrected chi connectivity index (χ2v) is 4.99. The molecule has 0 fully saturated rings. The number of hydrogen-bond donors (Lipinski definition) is 2. The number of phenols is 1. The Labute approximate surface area is 101 Å². The summed E-state index contributed by atoms with van der Waals surface area (Å²) in [6.07, 6.45) is 0.233. The number of hydrogen-bond acceptors (Lipinski definition) is 4. The summed E-state index contributed by atoms with van der Waals surface area (Å²) >= 11 is 0. The molecule has 0 aromatic heterocycles. The Hall–Kier alpha value is -1.11. The highest BCUT2D eigenvalue weighted by Gasteiger charge is 2.21. The first-order valence-corrected chi connectivity index (χ1v) is 6.68. The van der Waals surface area contributed by atoms with Gasteiger partial charge < -0.3 is 9.84 Å². The predicted octanol–water partition coefficient (Wildman–Crippen LogP) is 1.53. The average molecular weight is 260 g/mol. The Morgan fingerprint density at radius 2 is 2.00 bits per heavy atom. The molecule has 1 aromatic carbocycles. The van der Waals surface area contributed by atoms with E-state index in [1.54, 1.807) is 6.92 Å². The minimum Gasteiger partial charge on any atom is -0.508 e. The second kappa shape index (κ2) is 5.48. The summed E-state index contributed by atoms with van der Waals surface area (Å²) in [7, 11) is -4.34. The van der Waals surface area contributed by atoms with Gasteiger partial charge in [-0.1, -0.05) is 6.07 Å². The number of ether oxygens (including phenoxy) is 1. The molecule has 0 saturated carbocycles. The molecular weight excluding hydrogens is 244 g/mol. The first kappa shape index (κ1) is 14.0. The summed E-state index contributed by atoms with van der Waals surface area (Å²) in [5, 5.41) is 9.65. The zero-order valence-electron chi connectivity index (χ0n) is 9.80. The van der Waals surface area contributed by atoms with Gasteiger partial charge in [0.2, 0.25) is 0 Å². The van der Waals surface area contributed by atoms with E-state index in [9.17, 15) is 13.5 Å². The van der Waals surface area contributed by atoms with Crippen molar-refractivity contribution in [2.75, 3.05) is 13.2 Å². The SMILES string of the molecule is CCOCCc1c(O)ccc(C)c1S(=O)(=O)O. The quantitative estimate of drug-likeness (QED) is 0.619. The van der Waals surface area contributed by atoms with E-state index >= 15 is 0 Å². The van der Waals surface area contributed by atoms with E-state index in [2.05, 4.69) is 0 Å². The van der Waals surface area contributed by atoms with Crippen molar-refractivity contribution in [3.8, 4) is 5.75 Å². The van der Waals surface area contributed by atoms with Gasteiger partial charge in [-0.3, -0.25) is 4.55 Å². The van der Waals surface area contributed by atoms with Crippen LogP contribution in [0.4, 0.5) is 0 Å². The molecule has 5 nitrogen and oxygen atoms in total. The molecule has 0 aliphatic rings. The predicted molar refractivity (Wildman–Crippen MR) is 62.9 cm³/mol. The van der Waals surface area contributed by atoms with Crippen molar-refractivity contribution in [2.45, 2.75) is 25.2 Å². The fraction of sp³-hybridized carbons (Fsp3) is 0.455. The molecule has 0 heterocycles. The van der Waals surface area contributed by atoms with Gasteiger partial charge in [0, 0.05) is 18.6 Å². The van der Waals surface area contributed by atoms with E-state index in [0.29, 0.717) is 12.2 Å². The van der Waals surface area contributed by atoms with E-state index < -0.39 is 10.1 Å². The molecule has 0 amide bonds. The van der Waals surface area contributed by atoms with Crippen molar-refractivity contribution >= 4 is 10.1 Å². The minimum absolute atomic E-state index is 0.150. The van der Waals surface area contributed by atoms with Crippen LogP contribution in [0, 0.1) is 6.92 Å². The van der Waals surface area contributed by atoms with Gasteiger partial charge in [-0.2, -0.15) is 8.42 Å². The third-order valence-electron chi connectivity index (χ3n) is 2.39. The van der Waals surface area contributed by atoms with Gasteiger partial charge in [-0.15, -0.1) is 0 Å². The van der Waals surface area contributed by atoms with Crippen molar-refractivity contribution in [3.63, 3.8) is 0 Å². The largest absolute Gasteiger partial charge is 0.508 e. The maximum absolute atomic E-state index is 11.3. The highest BCUT2D eigenvalue weighted by Crippen LogP contribution is 2.28. The lowest BCUT2D eigenvalue weighted by Gasteiger charge is -2.12. The van der Waals surface area contributed by atoms with Crippen LogP contribution in [0.1, 0.15) is 18.1 Å². The van der Waals surface area contributed by atoms with Gasteiger partial charge in [0.05, 0.1) is 6.61 Å². The number of phenolic OH excluding ortho intramolecular Hbond substituents is 1. The van der Waals surface area contributed by atoms with Crippen LogP contribution in [0.3, 0.4) is 0 Å². The Kier molecular flexibility index (Phi) is 4.50. The molecule has 1 aromatic rings. The summed E-state index contributed by atoms with van der Waals surface area (Å²) in [6.45, 7) is 4.18. The second-order valence-electron chi connectivity index (χ2n) is 3.63. The lowest BCUT2D eigenvalue weighted by atomic mass is 10.1. The van der Waals surface area contributed by atoms with Gasteiger partial charge in [-0.05, 0) is 25.5 Å². The molecule has 1 rings (SSSR count). The molecule has 0 saturated heterocycles. The molecule has 96 valence electrons. The molecule has 0 radical (unpaired) electrons. The highest BCUT2D eigenvalue weighted by atomic mass is 32.2.